The van der Waals surface area contributed by atoms with Crippen molar-refractivity contribution >= 4 is 17.8 Å². The molecule has 6 heteroatoms. The summed E-state index contributed by atoms with van der Waals surface area (Å²) >= 11 is 0. The molecule has 2 atom stereocenters. The van der Waals surface area contributed by atoms with Crippen LogP contribution in [0.4, 0.5) is 4.79 Å². The number of urea groups is 1. The molecule has 136 valence electrons. The maximum absolute atomic E-state index is 12.8. The van der Waals surface area contributed by atoms with Crippen molar-refractivity contribution in [3.63, 3.8) is 0 Å². The lowest BCUT2D eigenvalue weighted by Crippen LogP contribution is -2.44. The Morgan fingerprint density at radius 1 is 1.20 bits per heavy atom. The number of nitrogens with one attached hydrogen (secondary N) is 2. The van der Waals surface area contributed by atoms with Gasteiger partial charge in [0.15, 0.2) is 0 Å². The third kappa shape index (κ3) is 3.83. The van der Waals surface area contributed by atoms with Gasteiger partial charge in [-0.3, -0.25) is 14.5 Å². The van der Waals surface area contributed by atoms with Crippen LogP contribution in [0.2, 0.25) is 0 Å². The normalized spacial score (nSPS) is 21.4. The summed E-state index contributed by atoms with van der Waals surface area (Å²) < 4.78 is 0. The second kappa shape index (κ2) is 7.25. The average Bonchev–Trinajstić information content (AvgIpc) is 2.79. The van der Waals surface area contributed by atoms with Crippen LogP contribution in [0.25, 0.3) is 0 Å². The molecule has 1 fully saturated rings. The van der Waals surface area contributed by atoms with Gasteiger partial charge in [0.25, 0.3) is 5.91 Å². The Balaban J connectivity index is 2.17. The molecule has 0 aliphatic carbocycles. The Kier molecular flexibility index (Phi) is 5.50. The van der Waals surface area contributed by atoms with Gasteiger partial charge in [0.05, 0.1) is 0 Å². The molecular weight excluding hydrogens is 318 g/mol. The van der Waals surface area contributed by atoms with Gasteiger partial charge in [0, 0.05) is 6.04 Å². The maximum Gasteiger partial charge on any atom is 0.325 e. The number of benzene rings is 1. The van der Waals surface area contributed by atoms with Gasteiger partial charge in [-0.1, -0.05) is 45.0 Å². The van der Waals surface area contributed by atoms with Crippen molar-refractivity contribution in [1.82, 2.24) is 15.5 Å². The summed E-state index contributed by atoms with van der Waals surface area (Å²) in [6.07, 6.45) is 0.784. The smallest absolute Gasteiger partial charge is 0.325 e. The summed E-state index contributed by atoms with van der Waals surface area (Å²) in [7, 11) is 0. The van der Waals surface area contributed by atoms with Crippen molar-refractivity contribution in [3.8, 4) is 0 Å². The molecule has 0 unspecified atom stereocenters. The van der Waals surface area contributed by atoms with E-state index in [4.69, 9.17) is 0 Å². The monoisotopic (exact) mass is 345 g/mol. The first kappa shape index (κ1) is 19.0. The molecule has 25 heavy (non-hydrogen) atoms. The van der Waals surface area contributed by atoms with Crippen LogP contribution >= 0.6 is 0 Å². The standard InChI is InChI=1S/C19H27N3O3/c1-6-13(4)20-16(23)11-22-17(24)19(5,21-18(22)25)15-9-7-14(8-10-15)12(2)3/h7-10,12-13H,6,11H2,1-5H3,(H,20,23)(H,21,25)/t13-,19+/m1/s1. The molecule has 1 aromatic rings. The van der Waals surface area contributed by atoms with Crippen LogP contribution in [-0.2, 0) is 15.1 Å². The van der Waals surface area contributed by atoms with Gasteiger partial charge in [-0.05, 0) is 37.3 Å². The van der Waals surface area contributed by atoms with Gasteiger partial charge in [-0.15, -0.1) is 0 Å². The van der Waals surface area contributed by atoms with E-state index < -0.39 is 17.5 Å². The number of amides is 4. The van der Waals surface area contributed by atoms with Crippen LogP contribution in [-0.4, -0.2) is 35.3 Å². The molecule has 1 heterocycles. The number of carbonyl (C=O) groups excluding carboxylic acids is 3. The van der Waals surface area contributed by atoms with Crippen molar-refractivity contribution in [1.29, 1.82) is 0 Å². The van der Waals surface area contributed by atoms with Crippen molar-refractivity contribution in [2.45, 2.75) is 58.5 Å². The molecule has 0 spiro atoms. The second-order valence-corrected chi connectivity index (χ2v) is 7.10. The molecule has 0 radical (unpaired) electrons. The van der Waals surface area contributed by atoms with Gasteiger partial charge >= 0.3 is 6.03 Å². The van der Waals surface area contributed by atoms with Gasteiger partial charge in [0.1, 0.15) is 12.1 Å². The molecule has 1 aliphatic heterocycles. The van der Waals surface area contributed by atoms with E-state index in [1.807, 2.05) is 38.1 Å². The lowest BCUT2D eigenvalue weighted by molar-refractivity contribution is -0.135. The Bertz CT molecular complexity index is 669. The number of rotatable bonds is 6. The van der Waals surface area contributed by atoms with Crippen molar-refractivity contribution in [3.05, 3.63) is 35.4 Å². The quantitative estimate of drug-likeness (QED) is 0.778. The fraction of sp³-hybridized carbons (Fsp3) is 0.526. The molecule has 1 aliphatic rings. The summed E-state index contributed by atoms with van der Waals surface area (Å²) in [5.74, 6) is -0.358. The topological polar surface area (TPSA) is 78.5 Å². The molecule has 0 bridgehead atoms. The number of imide groups is 1. The summed E-state index contributed by atoms with van der Waals surface area (Å²) in [6, 6.07) is 7.10. The third-order valence-electron chi connectivity index (χ3n) is 4.75. The Morgan fingerprint density at radius 3 is 2.32 bits per heavy atom. The van der Waals surface area contributed by atoms with Crippen LogP contribution in [0.3, 0.4) is 0 Å². The molecule has 0 aromatic heterocycles. The highest BCUT2D eigenvalue weighted by Gasteiger charge is 2.49. The minimum atomic E-state index is -1.15. The molecule has 2 rings (SSSR count). The van der Waals surface area contributed by atoms with E-state index in [1.54, 1.807) is 6.92 Å². The zero-order valence-electron chi connectivity index (χ0n) is 15.6. The Hall–Kier alpha value is -2.37. The molecular formula is C19H27N3O3. The van der Waals surface area contributed by atoms with E-state index in [-0.39, 0.29) is 18.5 Å². The molecule has 4 amide bonds. The largest absolute Gasteiger partial charge is 0.352 e. The summed E-state index contributed by atoms with van der Waals surface area (Å²) in [5.41, 5.74) is 0.720. The number of hydrogen-bond donors (Lipinski definition) is 2. The first-order valence-electron chi connectivity index (χ1n) is 8.73. The first-order chi connectivity index (χ1) is 11.7. The minimum absolute atomic E-state index is 0.00299. The summed E-state index contributed by atoms with van der Waals surface area (Å²) in [6.45, 7) is 9.42. The van der Waals surface area contributed by atoms with E-state index >= 15 is 0 Å². The van der Waals surface area contributed by atoms with Crippen LogP contribution in [0.1, 0.15) is 58.1 Å². The van der Waals surface area contributed by atoms with E-state index in [1.165, 1.54) is 0 Å². The van der Waals surface area contributed by atoms with Crippen LogP contribution in [0, 0.1) is 0 Å². The van der Waals surface area contributed by atoms with E-state index in [2.05, 4.69) is 24.5 Å². The maximum atomic E-state index is 12.8. The van der Waals surface area contributed by atoms with Crippen molar-refractivity contribution < 1.29 is 14.4 Å². The summed E-state index contributed by atoms with van der Waals surface area (Å²) in [4.78, 5) is 38.1. The second-order valence-electron chi connectivity index (χ2n) is 7.10. The fourth-order valence-corrected chi connectivity index (χ4v) is 2.80. The Morgan fingerprint density at radius 2 is 1.80 bits per heavy atom. The van der Waals surface area contributed by atoms with E-state index in [9.17, 15) is 14.4 Å². The van der Waals surface area contributed by atoms with Gasteiger partial charge < -0.3 is 10.6 Å². The predicted molar refractivity (Wildman–Crippen MR) is 96.0 cm³/mol. The van der Waals surface area contributed by atoms with Gasteiger partial charge in [0.2, 0.25) is 5.91 Å². The first-order valence-corrected chi connectivity index (χ1v) is 8.73. The third-order valence-corrected chi connectivity index (χ3v) is 4.75. The highest BCUT2D eigenvalue weighted by atomic mass is 16.2. The van der Waals surface area contributed by atoms with E-state index in [0.29, 0.717) is 11.5 Å². The van der Waals surface area contributed by atoms with E-state index in [0.717, 1.165) is 16.9 Å². The number of hydrogen-bond acceptors (Lipinski definition) is 3. The number of nitrogens with zero attached hydrogens (tertiary/aromatic N) is 1. The van der Waals surface area contributed by atoms with Crippen LogP contribution < -0.4 is 10.6 Å². The van der Waals surface area contributed by atoms with Crippen molar-refractivity contribution in [2.75, 3.05) is 6.54 Å². The highest BCUT2D eigenvalue weighted by molar-refractivity contribution is 6.09. The molecule has 1 saturated heterocycles. The van der Waals surface area contributed by atoms with Gasteiger partial charge in [-0.2, -0.15) is 0 Å². The lowest BCUT2D eigenvalue weighted by atomic mass is 9.90. The molecule has 2 N–H and O–H groups in total. The van der Waals surface area contributed by atoms with Crippen molar-refractivity contribution in [2.24, 2.45) is 0 Å². The zero-order chi connectivity index (χ0) is 18.8. The highest BCUT2D eigenvalue weighted by Crippen LogP contribution is 2.29. The Labute approximate surface area is 149 Å². The molecule has 6 nitrogen and oxygen atoms in total. The SMILES string of the molecule is CC[C@@H](C)NC(=O)CN1C(=O)N[C@@](C)(c2ccc(C(C)C)cc2)C1=O. The molecule has 1 aromatic carbocycles. The minimum Gasteiger partial charge on any atom is -0.352 e. The average molecular weight is 345 g/mol. The lowest BCUT2D eigenvalue weighted by Gasteiger charge is -2.23. The predicted octanol–water partition coefficient (Wildman–Crippen LogP) is 2.49. The molecule has 0 saturated carbocycles. The van der Waals surface area contributed by atoms with Gasteiger partial charge in [-0.25, -0.2) is 4.79 Å². The number of carbonyl (C=O) groups is 3. The van der Waals surface area contributed by atoms with Crippen LogP contribution in [0.15, 0.2) is 24.3 Å². The zero-order valence-corrected chi connectivity index (χ0v) is 15.6. The van der Waals surface area contributed by atoms with Crippen LogP contribution in [0.5, 0.6) is 0 Å². The summed E-state index contributed by atoms with van der Waals surface area (Å²) in [5, 5.41) is 5.50. The fourth-order valence-electron chi connectivity index (χ4n) is 2.80.